The summed E-state index contributed by atoms with van der Waals surface area (Å²) >= 11 is 0. The molecule has 0 aliphatic carbocycles. The second-order valence-corrected chi connectivity index (χ2v) is 16.2. The molecule has 0 atom stereocenters. The first kappa shape index (κ1) is 40.6. The highest BCUT2D eigenvalue weighted by Gasteiger charge is 2.26. The molecule has 0 saturated carbocycles. The molecule has 304 valence electrons. The van der Waals surface area contributed by atoms with Gasteiger partial charge in [0.1, 0.15) is 34.5 Å². The maximum Gasteiger partial charge on any atom is 0.338 e. The number of hydrogen-bond acceptors (Lipinski definition) is 11. The summed E-state index contributed by atoms with van der Waals surface area (Å²) in [6.07, 6.45) is 0. The van der Waals surface area contributed by atoms with E-state index in [0.29, 0.717) is 35.2 Å². The summed E-state index contributed by atoms with van der Waals surface area (Å²) in [7, 11) is 0. The van der Waals surface area contributed by atoms with Gasteiger partial charge in [-0.25, -0.2) is 9.36 Å². The predicted molar refractivity (Wildman–Crippen MR) is 227 cm³/mol. The molecule has 0 amide bonds. The minimum atomic E-state index is -0.822. The van der Waals surface area contributed by atoms with Crippen LogP contribution >= 0.6 is 0 Å². The Morgan fingerprint density at radius 3 is 1.57 bits per heavy atom. The van der Waals surface area contributed by atoms with Crippen LogP contribution < -0.4 is 45.9 Å². The largest absolute Gasteiger partial charge is 0.457 e. The fourth-order valence-corrected chi connectivity index (χ4v) is 6.68. The van der Waals surface area contributed by atoms with Crippen molar-refractivity contribution in [2.45, 2.75) is 59.4 Å². The minimum Gasteiger partial charge on any atom is -0.457 e. The number of hydrogen-bond donors (Lipinski definition) is 0. The predicted octanol–water partition coefficient (Wildman–Crippen LogP) is 8.35. The molecular weight excluding hydrogens is 769 g/mol. The molecule has 5 aromatic carbocycles. The Kier molecular flexibility index (Phi) is 10.4. The van der Waals surface area contributed by atoms with Crippen LogP contribution in [0.25, 0.3) is 27.2 Å². The number of nitrogens with zero attached hydrogens (tertiary/aromatic N) is 2. The third-order valence-corrected chi connectivity index (χ3v) is 9.58. The zero-order valence-corrected chi connectivity index (χ0v) is 33.9. The first-order chi connectivity index (χ1) is 28.3. The number of esters is 1. The SMILES string of the molecule is C=C(C)C(=O)Oc1ccc(Oc2cc(-n3c(=O)c4cc5c(=O)n(C(C)(C)C)c(=O)c5cc4c3=O)ccc2Oc2ccc(C(C)(C)C)c(Oc3ccc(OC=O)cc3)c2)cc1. The molecule has 2 aromatic heterocycles. The Labute approximate surface area is 342 Å². The number of benzene rings is 5. The molecule has 0 radical (unpaired) electrons. The summed E-state index contributed by atoms with van der Waals surface area (Å²) in [5.41, 5.74) is -2.43. The Hall–Kier alpha value is -7.54. The number of fused-ring (bicyclic) bond motifs is 2. The van der Waals surface area contributed by atoms with Crippen molar-refractivity contribution >= 4 is 34.0 Å². The maximum atomic E-state index is 14.0. The van der Waals surface area contributed by atoms with Crippen LogP contribution in [0, 0.1) is 0 Å². The second-order valence-electron chi connectivity index (χ2n) is 16.2. The third-order valence-electron chi connectivity index (χ3n) is 9.58. The van der Waals surface area contributed by atoms with Gasteiger partial charge in [0, 0.05) is 28.8 Å². The van der Waals surface area contributed by atoms with Gasteiger partial charge in [-0.3, -0.25) is 28.5 Å². The average Bonchev–Trinajstić information content (AvgIpc) is 3.59. The first-order valence-corrected chi connectivity index (χ1v) is 18.8. The van der Waals surface area contributed by atoms with Gasteiger partial charge in [-0.05, 0) is 112 Å². The van der Waals surface area contributed by atoms with Crippen LogP contribution in [-0.2, 0) is 20.5 Å². The van der Waals surface area contributed by atoms with Crippen molar-refractivity contribution in [2.75, 3.05) is 0 Å². The van der Waals surface area contributed by atoms with E-state index in [1.807, 2.05) is 26.8 Å². The molecular formula is C47H40N2O11. The summed E-state index contributed by atoms with van der Waals surface area (Å²) in [6, 6.07) is 25.2. The van der Waals surface area contributed by atoms with Gasteiger partial charge in [-0.2, -0.15) is 0 Å². The molecule has 0 bridgehead atoms. The highest BCUT2D eigenvalue weighted by Crippen LogP contribution is 2.41. The highest BCUT2D eigenvalue weighted by atomic mass is 16.5. The van der Waals surface area contributed by atoms with Gasteiger partial charge in [0.2, 0.25) is 0 Å². The van der Waals surface area contributed by atoms with Crippen LogP contribution in [0.15, 0.2) is 128 Å². The van der Waals surface area contributed by atoms with Crippen molar-refractivity contribution in [3.63, 3.8) is 0 Å². The molecule has 2 heterocycles. The van der Waals surface area contributed by atoms with Crippen LogP contribution in [0.4, 0.5) is 0 Å². The fraction of sp³-hybridized carbons (Fsp3) is 0.191. The third kappa shape index (κ3) is 7.84. The summed E-state index contributed by atoms with van der Waals surface area (Å²) in [6.45, 7) is 16.8. The molecule has 0 unspecified atom stereocenters. The first-order valence-electron chi connectivity index (χ1n) is 18.8. The van der Waals surface area contributed by atoms with Gasteiger partial charge in [0.25, 0.3) is 28.7 Å². The van der Waals surface area contributed by atoms with E-state index in [2.05, 4.69) is 6.58 Å². The normalized spacial score (nSPS) is 11.7. The molecule has 60 heavy (non-hydrogen) atoms. The quantitative estimate of drug-likeness (QED) is 0.0535. The second kappa shape index (κ2) is 15.3. The van der Waals surface area contributed by atoms with Gasteiger partial charge >= 0.3 is 5.97 Å². The standard InChI is InChI=1S/C47H40N2O11/c1-26(2)45(55)60-31-16-14-30(15-17-31)58-40-21-27(48-41(51)33-23-35-36(24-34(33)42(48)52)44(54)49(43(35)53)47(6,7)8)9-20-38(40)59-32-18-19-37(46(3,4)5)39(22-32)57-29-12-10-28(11-13-29)56-25-50/h9-25H,1H2,2-8H3. The van der Waals surface area contributed by atoms with Gasteiger partial charge in [-0.15, -0.1) is 0 Å². The van der Waals surface area contributed by atoms with E-state index >= 15 is 0 Å². The Bertz CT molecular complexity index is 2980. The van der Waals surface area contributed by atoms with Crippen LogP contribution in [0.3, 0.4) is 0 Å². The van der Waals surface area contributed by atoms with Gasteiger partial charge in [-0.1, -0.05) is 33.4 Å². The number of aromatic nitrogens is 2. The molecule has 0 fully saturated rings. The maximum absolute atomic E-state index is 14.0. The van der Waals surface area contributed by atoms with Gasteiger partial charge < -0.3 is 23.7 Å². The lowest BCUT2D eigenvalue weighted by atomic mass is 9.86. The van der Waals surface area contributed by atoms with Crippen LogP contribution in [-0.4, -0.2) is 21.6 Å². The number of ether oxygens (including phenoxy) is 5. The molecule has 0 spiro atoms. The summed E-state index contributed by atoms with van der Waals surface area (Å²) in [5, 5.41) is 0.0598. The lowest BCUT2D eigenvalue weighted by Gasteiger charge is -2.23. The lowest BCUT2D eigenvalue weighted by molar-refractivity contribution is -0.130. The van der Waals surface area contributed by atoms with E-state index in [-0.39, 0.29) is 55.5 Å². The summed E-state index contributed by atoms with van der Waals surface area (Å²) in [4.78, 5) is 77.5. The lowest BCUT2D eigenvalue weighted by Crippen LogP contribution is -2.38. The summed E-state index contributed by atoms with van der Waals surface area (Å²) < 4.78 is 31.3. The van der Waals surface area contributed by atoms with Crippen molar-refractivity contribution in [2.24, 2.45) is 0 Å². The van der Waals surface area contributed by atoms with Crippen LogP contribution in [0.1, 0.15) is 54.0 Å². The van der Waals surface area contributed by atoms with Crippen molar-refractivity contribution in [1.29, 1.82) is 0 Å². The molecule has 7 rings (SSSR count). The molecule has 13 nitrogen and oxygen atoms in total. The molecule has 0 saturated heterocycles. The molecule has 0 N–H and O–H groups in total. The topological polar surface area (TPSA) is 158 Å². The number of carbonyl (C=O) groups is 2. The van der Waals surface area contributed by atoms with E-state index < -0.39 is 33.7 Å². The number of carbonyl (C=O) groups excluding carboxylic acids is 2. The Balaban J connectivity index is 1.31. The smallest absolute Gasteiger partial charge is 0.338 e. The van der Waals surface area contributed by atoms with E-state index in [1.165, 1.54) is 49.4 Å². The van der Waals surface area contributed by atoms with Crippen molar-refractivity contribution < 1.29 is 33.3 Å². The van der Waals surface area contributed by atoms with Crippen molar-refractivity contribution in [3.05, 3.63) is 156 Å². The molecule has 0 aliphatic heterocycles. The van der Waals surface area contributed by atoms with E-state index in [0.717, 1.165) is 14.7 Å². The number of rotatable bonds is 11. The fourth-order valence-electron chi connectivity index (χ4n) is 6.68. The Morgan fingerprint density at radius 2 is 1.05 bits per heavy atom. The van der Waals surface area contributed by atoms with Gasteiger partial charge in [0.15, 0.2) is 11.5 Å². The zero-order valence-electron chi connectivity index (χ0n) is 33.9. The summed E-state index contributed by atoms with van der Waals surface area (Å²) in [5.74, 6) is 1.91. The zero-order chi connectivity index (χ0) is 43.3. The van der Waals surface area contributed by atoms with Crippen molar-refractivity contribution in [1.82, 2.24) is 9.13 Å². The molecule has 0 aliphatic rings. The monoisotopic (exact) mass is 808 g/mol. The average molecular weight is 809 g/mol. The van der Waals surface area contributed by atoms with E-state index in [4.69, 9.17) is 23.7 Å². The molecule has 7 aromatic rings. The van der Waals surface area contributed by atoms with Crippen LogP contribution in [0.2, 0.25) is 0 Å². The highest BCUT2D eigenvalue weighted by molar-refractivity contribution is 5.98. The van der Waals surface area contributed by atoms with E-state index in [1.54, 1.807) is 69.3 Å². The molecule has 13 heteroatoms. The van der Waals surface area contributed by atoms with Crippen LogP contribution in [0.5, 0.6) is 46.0 Å². The minimum absolute atomic E-state index is 0.0178. The van der Waals surface area contributed by atoms with Crippen molar-refractivity contribution in [3.8, 4) is 51.7 Å². The van der Waals surface area contributed by atoms with E-state index in [9.17, 15) is 28.8 Å². The van der Waals surface area contributed by atoms with Gasteiger partial charge in [0.05, 0.1) is 27.2 Å². The Morgan fingerprint density at radius 1 is 0.567 bits per heavy atom.